The van der Waals surface area contributed by atoms with Gasteiger partial charge in [0.15, 0.2) is 0 Å². The maximum absolute atomic E-state index is 11.8. The standard InChI is InChI=1S/C29H33NO3Si/c1-34(2,3)19-7-5-4-6-18-33-26-16-17-27(29(31)32)28(20-26)25-14-12-24(13-15-25)23-10-8-22(21-30)9-11-23/h8-17,20H,4-7,18-19H2,1-3H3,(H,31,32). The molecule has 5 heteroatoms. The van der Waals surface area contributed by atoms with Gasteiger partial charge in [0, 0.05) is 8.07 Å². The highest BCUT2D eigenvalue weighted by Gasteiger charge is 2.14. The van der Waals surface area contributed by atoms with Crippen LogP contribution in [-0.4, -0.2) is 25.8 Å². The lowest BCUT2D eigenvalue weighted by Crippen LogP contribution is -2.18. The van der Waals surface area contributed by atoms with Gasteiger partial charge in [-0.2, -0.15) is 5.26 Å². The number of carbonyl (C=O) groups is 1. The van der Waals surface area contributed by atoms with E-state index in [0.29, 0.717) is 23.5 Å². The van der Waals surface area contributed by atoms with Crippen molar-refractivity contribution in [2.24, 2.45) is 0 Å². The molecule has 4 nitrogen and oxygen atoms in total. The zero-order valence-electron chi connectivity index (χ0n) is 20.3. The highest BCUT2D eigenvalue weighted by molar-refractivity contribution is 6.76. The molecule has 3 aromatic rings. The summed E-state index contributed by atoms with van der Waals surface area (Å²) >= 11 is 0. The molecule has 0 saturated heterocycles. The Morgan fingerprint density at radius 3 is 2.03 bits per heavy atom. The Morgan fingerprint density at radius 2 is 1.44 bits per heavy atom. The summed E-state index contributed by atoms with van der Waals surface area (Å²) in [6, 6.07) is 23.9. The molecule has 0 bridgehead atoms. The number of aromatic carboxylic acids is 1. The van der Waals surface area contributed by atoms with Crippen molar-refractivity contribution in [3.8, 4) is 34.1 Å². The van der Waals surface area contributed by atoms with Gasteiger partial charge in [-0.1, -0.05) is 81.3 Å². The van der Waals surface area contributed by atoms with Gasteiger partial charge in [0.05, 0.1) is 23.8 Å². The van der Waals surface area contributed by atoms with E-state index in [4.69, 9.17) is 10.00 Å². The van der Waals surface area contributed by atoms with Crippen LogP contribution in [0.5, 0.6) is 5.75 Å². The number of carboxylic acid groups (broad SMARTS) is 1. The number of benzene rings is 3. The molecular weight excluding hydrogens is 438 g/mol. The Kier molecular flexibility index (Phi) is 8.67. The van der Waals surface area contributed by atoms with Crippen LogP contribution in [0.1, 0.15) is 41.6 Å². The predicted molar refractivity (Wildman–Crippen MR) is 141 cm³/mol. The van der Waals surface area contributed by atoms with E-state index in [2.05, 4.69) is 25.7 Å². The largest absolute Gasteiger partial charge is 0.494 e. The van der Waals surface area contributed by atoms with Gasteiger partial charge < -0.3 is 9.84 Å². The second-order valence-electron chi connectivity index (χ2n) is 9.85. The number of hydrogen-bond donors (Lipinski definition) is 1. The van der Waals surface area contributed by atoms with Crippen LogP contribution in [0.2, 0.25) is 25.7 Å². The number of ether oxygens (including phenoxy) is 1. The van der Waals surface area contributed by atoms with Crippen LogP contribution in [0.15, 0.2) is 66.7 Å². The topological polar surface area (TPSA) is 70.3 Å². The van der Waals surface area contributed by atoms with E-state index >= 15 is 0 Å². The summed E-state index contributed by atoms with van der Waals surface area (Å²) < 4.78 is 5.95. The third kappa shape index (κ3) is 7.33. The first-order chi connectivity index (χ1) is 16.3. The van der Waals surface area contributed by atoms with Gasteiger partial charge in [-0.25, -0.2) is 4.79 Å². The van der Waals surface area contributed by atoms with Crippen LogP contribution < -0.4 is 4.74 Å². The molecule has 0 radical (unpaired) electrons. The Morgan fingerprint density at radius 1 is 0.853 bits per heavy atom. The first kappa shape index (κ1) is 25.3. The second-order valence-corrected chi connectivity index (χ2v) is 15.5. The van der Waals surface area contributed by atoms with Gasteiger partial charge >= 0.3 is 5.97 Å². The number of nitrogens with zero attached hydrogens (tertiary/aromatic N) is 1. The molecule has 0 saturated carbocycles. The number of rotatable bonds is 11. The molecule has 34 heavy (non-hydrogen) atoms. The summed E-state index contributed by atoms with van der Waals surface area (Å²) in [6.45, 7) is 7.87. The second kappa shape index (κ2) is 11.7. The predicted octanol–water partition coefficient (Wildman–Crippen LogP) is 7.87. The van der Waals surface area contributed by atoms with Crippen molar-refractivity contribution < 1.29 is 14.6 Å². The number of nitriles is 1. The minimum atomic E-state index is -0.958. The minimum Gasteiger partial charge on any atom is -0.494 e. The molecular formula is C29H33NO3Si. The molecule has 0 heterocycles. The summed E-state index contributed by atoms with van der Waals surface area (Å²) in [4.78, 5) is 11.8. The highest BCUT2D eigenvalue weighted by atomic mass is 28.3. The normalized spacial score (nSPS) is 11.1. The quantitative estimate of drug-likeness (QED) is 0.228. The molecule has 0 amide bonds. The summed E-state index contributed by atoms with van der Waals surface area (Å²) in [5.41, 5.74) is 4.36. The summed E-state index contributed by atoms with van der Waals surface area (Å²) in [6.07, 6.45) is 4.69. The van der Waals surface area contributed by atoms with E-state index in [1.165, 1.54) is 18.9 Å². The Balaban J connectivity index is 1.66. The fourth-order valence-electron chi connectivity index (χ4n) is 3.92. The molecule has 176 valence electrons. The van der Waals surface area contributed by atoms with E-state index in [-0.39, 0.29) is 5.56 Å². The van der Waals surface area contributed by atoms with Gasteiger partial charge in [-0.05, 0) is 59.0 Å². The van der Waals surface area contributed by atoms with Gasteiger partial charge in [-0.15, -0.1) is 0 Å². The molecule has 0 aliphatic heterocycles. The monoisotopic (exact) mass is 471 g/mol. The van der Waals surface area contributed by atoms with E-state index in [9.17, 15) is 9.90 Å². The summed E-state index contributed by atoms with van der Waals surface area (Å²) in [5, 5.41) is 18.7. The smallest absolute Gasteiger partial charge is 0.336 e. The molecule has 3 aromatic carbocycles. The zero-order valence-corrected chi connectivity index (χ0v) is 21.3. The van der Waals surface area contributed by atoms with Crippen LogP contribution in [0, 0.1) is 11.3 Å². The van der Waals surface area contributed by atoms with Crippen LogP contribution in [-0.2, 0) is 0 Å². The van der Waals surface area contributed by atoms with Crippen molar-refractivity contribution >= 4 is 14.0 Å². The molecule has 0 fully saturated rings. The molecule has 0 unspecified atom stereocenters. The number of hydrogen-bond acceptors (Lipinski definition) is 3. The maximum Gasteiger partial charge on any atom is 0.336 e. The van der Waals surface area contributed by atoms with Crippen molar-refractivity contribution in [2.45, 2.75) is 51.4 Å². The van der Waals surface area contributed by atoms with Gasteiger partial charge in [-0.3, -0.25) is 0 Å². The van der Waals surface area contributed by atoms with Crippen molar-refractivity contribution in [1.82, 2.24) is 0 Å². The zero-order chi connectivity index (χ0) is 24.6. The van der Waals surface area contributed by atoms with E-state index in [1.807, 2.05) is 42.5 Å². The van der Waals surface area contributed by atoms with Gasteiger partial charge in [0.1, 0.15) is 5.75 Å². The third-order valence-corrected chi connectivity index (χ3v) is 7.71. The van der Waals surface area contributed by atoms with E-state index < -0.39 is 14.0 Å². The molecule has 0 aliphatic carbocycles. The lowest BCUT2D eigenvalue weighted by molar-refractivity contribution is 0.0697. The van der Waals surface area contributed by atoms with E-state index in [1.54, 1.807) is 24.3 Å². The summed E-state index contributed by atoms with van der Waals surface area (Å²) in [5.74, 6) is -0.265. The van der Waals surface area contributed by atoms with Crippen LogP contribution in [0.4, 0.5) is 0 Å². The molecule has 0 spiro atoms. The lowest BCUT2D eigenvalue weighted by atomic mass is 9.96. The van der Waals surface area contributed by atoms with Crippen LogP contribution in [0.3, 0.4) is 0 Å². The first-order valence-electron chi connectivity index (χ1n) is 11.9. The first-order valence-corrected chi connectivity index (χ1v) is 15.6. The molecule has 0 aliphatic rings. The lowest BCUT2D eigenvalue weighted by Gasteiger charge is -2.15. The SMILES string of the molecule is C[Si](C)(C)CCCCCCOc1ccc(C(=O)O)c(-c2ccc(-c3ccc(C#N)cc3)cc2)c1. The molecule has 0 aromatic heterocycles. The third-order valence-electron chi connectivity index (χ3n) is 5.85. The Hall–Kier alpha value is -3.36. The van der Waals surface area contributed by atoms with Crippen molar-refractivity contribution in [2.75, 3.05) is 6.61 Å². The number of carboxylic acids is 1. The fraction of sp³-hybridized carbons (Fsp3) is 0.310. The number of unbranched alkanes of at least 4 members (excludes halogenated alkanes) is 3. The maximum atomic E-state index is 11.8. The fourth-order valence-corrected chi connectivity index (χ4v) is 5.23. The highest BCUT2D eigenvalue weighted by Crippen LogP contribution is 2.31. The van der Waals surface area contributed by atoms with Crippen molar-refractivity contribution in [1.29, 1.82) is 5.26 Å². The molecule has 0 atom stereocenters. The molecule has 1 N–H and O–H groups in total. The Labute approximate surface area is 203 Å². The van der Waals surface area contributed by atoms with Crippen molar-refractivity contribution in [3.05, 3.63) is 77.9 Å². The van der Waals surface area contributed by atoms with Gasteiger partial charge in [0.25, 0.3) is 0 Å². The minimum absolute atomic E-state index is 0.254. The van der Waals surface area contributed by atoms with Crippen LogP contribution in [0.25, 0.3) is 22.3 Å². The molecule has 3 rings (SSSR count). The van der Waals surface area contributed by atoms with Crippen LogP contribution >= 0.6 is 0 Å². The average Bonchev–Trinajstić information content (AvgIpc) is 2.82. The Bertz CT molecular complexity index is 1140. The van der Waals surface area contributed by atoms with Crippen molar-refractivity contribution in [3.63, 3.8) is 0 Å². The van der Waals surface area contributed by atoms with Gasteiger partial charge in [0.2, 0.25) is 0 Å². The average molecular weight is 472 g/mol. The van der Waals surface area contributed by atoms with E-state index in [0.717, 1.165) is 29.5 Å². The summed E-state index contributed by atoms with van der Waals surface area (Å²) in [7, 11) is -0.949.